The molecule has 330 valence electrons. The number of nitrogens with zero attached hydrogens (tertiary/aromatic N) is 2. The first-order chi connectivity index (χ1) is 29.5. The summed E-state index contributed by atoms with van der Waals surface area (Å²) in [5.41, 5.74) is 3.23. The summed E-state index contributed by atoms with van der Waals surface area (Å²) in [6, 6.07) is 18.4. The lowest BCUT2D eigenvalue weighted by atomic mass is 9.83. The van der Waals surface area contributed by atoms with Crippen LogP contribution in [0.5, 0.6) is 5.75 Å². The van der Waals surface area contributed by atoms with Crippen molar-refractivity contribution in [3.05, 3.63) is 106 Å². The fourth-order valence-electron chi connectivity index (χ4n) is 8.86. The zero-order valence-electron chi connectivity index (χ0n) is 36.2. The van der Waals surface area contributed by atoms with Gasteiger partial charge >= 0.3 is 18.2 Å². The van der Waals surface area contributed by atoms with Crippen molar-refractivity contribution in [2.75, 3.05) is 39.8 Å². The van der Waals surface area contributed by atoms with Crippen molar-refractivity contribution in [2.24, 2.45) is 5.92 Å². The van der Waals surface area contributed by atoms with Crippen LogP contribution in [0.15, 0.2) is 84.5 Å². The molecular weight excluding hydrogens is 818 g/mol. The van der Waals surface area contributed by atoms with E-state index in [1.54, 1.807) is 45.2 Å². The van der Waals surface area contributed by atoms with Crippen LogP contribution in [0.4, 0.5) is 15.3 Å². The summed E-state index contributed by atoms with van der Waals surface area (Å²) in [6.45, 7) is 6.99. The van der Waals surface area contributed by atoms with Crippen molar-refractivity contribution in [3.8, 4) is 16.9 Å². The number of ether oxygens (including phenoxy) is 6. The Hall–Kier alpha value is -5.41. The van der Waals surface area contributed by atoms with E-state index in [1.165, 1.54) is 33.1 Å². The molecule has 4 aliphatic rings. The molecule has 0 spiro atoms. The van der Waals surface area contributed by atoms with Crippen molar-refractivity contribution in [1.82, 2.24) is 10.2 Å². The number of halogens is 1. The molecule has 2 saturated heterocycles. The van der Waals surface area contributed by atoms with Gasteiger partial charge in [-0.3, -0.25) is 15.0 Å². The first-order valence-corrected chi connectivity index (χ1v) is 21.0. The molecule has 2 fully saturated rings. The van der Waals surface area contributed by atoms with Gasteiger partial charge in [0.25, 0.3) is 0 Å². The van der Waals surface area contributed by atoms with Crippen LogP contribution in [0.25, 0.3) is 11.1 Å². The van der Waals surface area contributed by atoms with Gasteiger partial charge in [-0.2, -0.15) is 0 Å². The topological polar surface area (TPSA) is 166 Å². The summed E-state index contributed by atoms with van der Waals surface area (Å²) in [4.78, 5) is 57.5. The Balaban J connectivity index is 1.15. The molecule has 7 rings (SSSR count). The molecule has 1 unspecified atom stereocenters. The Morgan fingerprint density at radius 3 is 2.39 bits per heavy atom. The monoisotopic (exact) mass is 871 g/mol. The smallest absolute Gasteiger partial charge is 0.410 e. The summed E-state index contributed by atoms with van der Waals surface area (Å²) in [5, 5.41) is 14.6. The number of alkyl carbamates (subject to hydrolysis) is 1. The van der Waals surface area contributed by atoms with Crippen LogP contribution >= 0.6 is 11.6 Å². The molecule has 0 radical (unpaired) electrons. The first kappa shape index (κ1) is 44.6. The van der Waals surface area contributed by atoms with E-state index < -0.39 is 71.8 Å². The molecular formula is C47H54ClN3O11. The maximum atomic E-state index is 14.3. The number of rotatable bonds is 7. The largest absolute Gasteiger partial charge is 0.495 e. The number of nitrogens with one attached hydrogen (secondary N) is 1. The number of carbonyl (C=O) groups is 4. The molecule has 8 atom stereocenters. The van der Waals surface area contributed by atoms with E-state index in [2.05, 4.69) is 5.32 Å². The van der Waals surface area contributed by atoms with E-state index in [-0.39, 0.29) is 30.4 Å². The second-order valence-electron chi connectivity index (χ2n) is 16.8. The minimum absolute atomic E-state index is 0.0517. The van der Waals surface area contributed by atoms with Crippen LogP contribution in [0.3, 0.4) is 0 Å². The van der Waals surface area contributed by atoms with Gasteiger partial charge in [-0.25, -0.2) is 14.4 Å². The second kappa shape index (κ2) is 17.8. The van der Waals surface area contributed by atoms with Crippen LogP contribution in [0.1, 0.15) is 63.1 Å². The molecule has 3 aromatic rings. The van der Waals surface area contributed by atoms with E-state index >= 15 is 0 Å². The normalized spacial score (nSPS) is 29.0. The summed E-state index contributed by atoms with van der Waals surface area (Å²) in [6.07, 6.45) is -0.0284. The van der Waals surface area contributed by atoms with E-state index in [1.807, 2.05) is 61.5 Å². The Kier molecular flexibility index (Phi) is 12.8. The van der Waals surface area contributed by atoms with Gasteiger partial charge in [-0.15, -0.1) is 0 Å². The van der Waals surface area contributed by atoms with Gasteiger partial charge in [0.15, 0.2) is 5.72 Å². The number of epoxide rings is 1. The molecule has 2 N–H and O–H groups in total. The molecule has 3 amide bonds. The van der Waals surface area contributed by atoms with Crippen LogP contribution in [-0.4, -0.2) is 111 Å². The molecule has 15 heteroatoms. The third-order valence-corrected chi connectivity index (χ3v) is 13.1. The number of hydrogen-bond donors (Lipinski definition) is 2. The van der Waals surface area contributed by atoms with Crippen LogP contribution in [0, 0.1) is 5.92 Å². The molecule has 3 aromatic carbocycles. The molecule has 0 aromatic heterocycles. The lowest BCUT2D eigenvalue weighted by Gasteiger charge is -2.42. The lowest BCUT2D eigenvalue weighted by Crippen LogP contribution is -2.63. The molecule has 14 nitrogen and oxygen atoms in total. The second-order valence-corrected chi connectivity index (χ2v) is 17.2. The summed E-state index contributed by atoms with van der Waals surface area (Å²) < 4.78 is 35.3. The minimum atomic E-state index is -1.85. The van der Waals surface area contributed by atoms with Crippen LogP contribution in [0.2, 0.25) is 5.02 Å². The van der Waals surface area contributed by atoms with Crippen molar-refractivity contribution in [2.45, 2.75) is 94.7 Å². The number of methoxy groups -OCH3 is 2. The zero-order chi connectivity index (χ0) is 44.7. The molecule has 3 heterocycles. The average molecular weight is 872 g/mol. The molecule has 62 heavy (non-hydrogen) atoms. The number of esters is 1. The third kappa shape index (κ3) is 8.65. The van der Waals surface area contributed by atoms with Crippen molar-refractivity contribution in [1.29, 1.82) is 0 Å². The summed E-state index contributed by atoms with van der Waals surface area (Å²) in [7, 11) is 5.94. The maximum Gasteiger partial charge on any atom is 0.410 e. The van der Waals surface area contributed by atoms with Crippen LogP contribution in [-0.2, 0) is 39.7 Å². The Morgan fingerprint density at radius 1 is 1.08 bits per heavy atom. The predicted octanol–water partition coefficient (Wildman–Crippen LogP) is 6.94. The predicted molar refractivity (Wildman–Crippen MR) is 231 cm³/mol. The van der Waals surface area contributed by atoms with Gasteiger partial charge in [0.2, 0.25) is 5.91 Å². The number of anilines is 1. The SMILES string of the molecule is COc1cc2cc(c1Cl)N(C)C(=O)C[C@H](OC(=O)[C@@H](C)N(C)C(=O)OCC1c3ccccc3-c3ccccc31)[C@]1(C)OC1[C@H](C)[C@@H]1C[C@@](O)(NC(=O)O1)[C@H](OC)/C=C/C=C(\C)C2. The van der Waals surface area contributed by atoms with Gasteiger partial charge in [0.1, 0.15) is 47.3 Å². The van der Waals surface area contributed by atoms with Gasteiger partial charge < -0.3 is 38.4 Å². The van der Waals surface area contributed by atoms with Crippen molar-refractivity contribution >= 4 is 41.4 Å². The number of aliphatic hydroxyl groups is 1. The average Bonchev–Trinajstić information content (AvgIpc) is 3.85. The van der Waals surface area contributed by atoms with E-state index in [9.17, 15) is 24.3 Å². The quantitative estimate of drug-likeness (QED) is 0.144. The van der Waals surface area contributed by atoms with Gasteiger partial charge in [-0.05, 0) is 67.1 Å². The third-order valence-electron chi connectivity index (χ3n) is 12.8. The van der Waals surface area contributed by atoms with Crippen molar-refractivity contribution < 1.29 is 52.7 Å². The van der Waals surface area contributed by atoms with E-state index in [4.69, 9.17) is 40.0 Å². The number of allylic oxidation sites excluding steroid dienone is 3. The molecule has 1 aliphatic carbocycles. The lowest BCUT2D eigenvalue weighted by molar-refractivity contribution is -0.158. The number of fused-ring (bicyclic) bond motifs is 8. The van der Waals surface area contributed by atoms with Gasteiger partial charge in [0, 0.05) is 39.5 Å². The summed E-state index contributed by atoms with van der Waals surface area (Å²) >= 11 is 6.81. The fraction of sp³-hybridized carbons (Fsp3) is 0.447. The number of carbonyl (C=O) groups excluding carboxylic acids is 4. The number of likely N-dealkylation sites (N-methyl/N-ethyl adjacent to an activating group) is 1. The number of benzene rings is 3. The van der Waals surface area contributed by atoms with Gasteiger partial charge in [-0.1, -0.05) is 90.9 Å². The fourth-order valence-corrected chi connectivity index (χ4v) is 9.17. The maximum absolute atomic E-state index is 14.3. The summed E-state index contributed by atoms with van der Waals surface area (Å²) in [5.74, 6) is -1.65. The Labute approximate surface area is 366 Å². The highest BCUT2D eigenvalue weighted by atomic mass is 35.5. The molecule has 3 aliphatic heterocycles. The standard InChI is InChI=1S/C47H54ClN3O11/c1-26-14-13-19-38(58-8)47(56)24-37(60-44(54)49-47)27(2)42-46(4,62-42)39(23-40(52)51(6)35-21-29(20-26)22-36(57-7)41(35)48)61-43(53)28(3)50(5)45(55)59-25-34-32-17-11-9-15-30(32)31-16-10-12-18-33(31)34/h9-19,21-22,27-28,34,37-39,42,56H,20,23-25H2,1-8H3,(H,49,54)/b19-13+,26-14+/t27-,28-,37+,38-,39+,42?,46+,47+/m1/s1. The Bertz CT molecular complexity index is 2250. The van der Waals surface area contributed by atoms with Gasteiger partial charge in [0.05, 0.1) is 25.3 Å². The minimum Gasteiger partial charge on any atom is -0.495 e. The first-order valence-electron chi connectivity index (χ1n) is 20.7. The molecule has 4 bridgehead atoms. The highest BCUT2D eigenvalue weighted by Crippen LogP contribution is 2.49. The Morgan fingerprint density at radius 2 is 1.74 bits per heavy atom. The molecule has 0 saturated carbocycles. The highest BCUT2D eigenvalue weighted by Gasteiger charge is 2.64. The van der Waals surface area contributed by atoms with Crippen LogP contribution < -0.4 is 15.0 Å². The van der Waals surface area contributed by atoms with E-state index in [0.717, 1.165) is 38.3 Å². The number of hydrogen-bond acceptors (Lipinski definition) is 11. The zero-order valence-corrected chi connectivity index (χ0v) is 36.9. The van der Waals surface area contributed by atoms with E-state index in [0.29, 0.717) is 17.9 Å². The highest BCUT2D eigenvalue weighted by molar-refractivity contribution is 6.35. The number of amides is 3. The van der Waals surface area contributed by atoms with Crippen molar-refractivity contribution in [3.63, 3.8) is 0 Å².